The van der Waals surface area contributed by atoms with Crippen LogP contribution in [0.5, 0.6) is 0 Å². The zero-order valence-electron chi connectivity index (χ0n) is 10.0. The van der Waals surface area contributed by atoms with Gasteiger partial charge in [0, 0.05) is 4.47 Å². The topological polar surface area (TPSA) is 29.1 Å². The van der Waals surface area contributed by atoms with Gasteiger partial charge in [0.2, 0.25) is 0 Å². The second-order valence-corrected chi connectivity index (χ2v) is 4.84. The molecule has 0 aliphatic rings. The van der Waals surface area contributed by atoms with Crippen LogP contribution in [0.15, 0.2) is 40.9 Å². The van der Waals surface area contributed by atoms with E-state index in [1.165, 1.54) is 18.2 Å². The highest BCUT2D eigenvalue weighted by molar-refractivity contribution is 9.10. The average molecular weight is 326 g/mol. The van der Waals surface area contributed by atoms with Gasteiger partial charge in [-0.1, -0.05) is 18.2 Å². The summed E-state index contributed by atoms with van der Waals surface area (Å²) in [7, 11) is 0. The second kappa shape index (κ2) is 5.48. The van der Waals surface area contributed by atoms with Gasteiger partial charge in [0.05, 0.1) is 11.3 Å². The van der Waals surface area contributed by atoms with Gasteiger partial charge < -0.3 is 5.32 Å². The van der Waals surface area contributed by atoms with Crippen LogP contribution in [-0.2, 0) is 0 Å². The summed E-state index contributed by atoms with van der Waals surface area (Å²) in [5.74, 6) is -1.88. The smallest absolute Gasteiger partial charge is 0.258 e. The number of carbonyl (C=O) groups excluding carboxylic acids is 1. The maximum Gasteiger partial charge on any atom is 0.258 e. The molecule has 0 aliphatic carbocycles. The summed E-state index contributed by atoms with van der Waals surface area (Å²) >= 11 is 3.13. The first-order valence-corrected chi connectivity index (χ1v) is 6.30. The summed E-state index contributed by atoms with van der Waals surface area (Å²) in [5.41, 5.74) is 0.240. The molecule has 0 saturated carbocycles. The lowest BCUT2D eigenvalue weighted by atomic mass is 10.1. The Bertz CT molecular complexity index is 623. The van der Waals surface area contributed by atoms with E-state index in [-0.39, 0.29) is 11.3 Å². The monoisotopic (exact) mass is 325 g/mol. The van der Waals surface area contributed by atoms with E-state index >= 15 is 0 Å². The minimum atomic E-state index is -0.688. The summed E-state index contributed by atoms with van der Waals surface area (Å²) in [6.45, 7) is 1.56. The molecule has 0 aliphatic heterocycles. The van der Waals surface area contributed by atoms with E-state index in [1.54, 1.807) is 25.1 Å². The summed E-state index contributed by atoms with van der Waals surface area (Å²) in [6.07, 6.45) is 0. The average Bonchev–Trinajstić information content (AvgIpc) is 2.37. The molecule has 0 aromatic heterocycles. The fourth-order valence-electron chi connectivity index (χ4n) is 1.62. The van der Waals surface area contributed by atoms with Crippen molar-refractivity contribution in [1.29, 1.82) is 0 Å². The van der Waals surface area contributed by atoms with Crippen molar-refractivity contribution in [3.05, 3.63) is 63.6 Å². The molecule has 0 radical (unpaired) electrons. The number of benzene rings is 2. The van der Waals surface area contributed by atoms with Crippen molar-refractivity contribution in [3.63, 3.8) is 0 Å². The van der Waals surface area contributed by atoms with Crippen molar-refractivity contribution >= 4 is 27.5 Å². The number of halogens is 3. The molecule has 2 rings (SSSR count). The molecule has 0 atom stereocenters. The maximum absolute atomic E-state index is 13.8. The minimum absolute atomic E-state index is 0.00611. The first kappa shape index (κ1) is 13.7. The minimum Gasteiger partial charge on any atom is -0.318 e. The number of nitrogens with one attached hydrogen (secondary N) is 1. The van der Waals surface area contributed by atoms with Crippen LogP contribution >= 0.6 is 15.9 Å². The Morgan fingerprint density at radius 3 is 2.53 bits per heavy atom. The molecule has 19 heavy (non-hydrogen) atoms. The maximum atomic E-state index is 13.8. The van der Waals surface area contributed by atoms with Gasteiger partial charge in [-0.2, -0.15) is 0 Å². The normalized spacial score (nSPS) is 10.3. The van der Waals surface area contributed by atoms with Crippen LogP contribution in [0, 0.1) is 18.6 Å². The highest BCUT2D eigenvalue weighted by Gasteiger charge is 2.16. The van der Waals surface area contributed by atoms with Gasteiger partial charge in [0.25, 0.3) is 5.91 Å². The van der Waals surface area contributed by atoms with Crippen molar-refractivity contribution in [2.75, 3.05) is 5.32 Å². The molecule has 1 amide bonds. The summed E-state index contributed by atoms with van der Waals surface area (Å²) in [6, 6.07) is 8.79. The third-order valence-corrected chi connectivity index (χ3v) is 3.30. The molecule has 0 heterocycles. The van der Waals surface area contributed by atoms with Crippen molar-refractivity contribution < 1.29 is 13.6 Å². The predicted molar refractivity (Wildman–Crippen MR) is 73.2 cm³/mol. The van der Waals surface area contributed by atoms with Gasteiger partial charge in [0.1, 0.15) is 11.6 Å². The van der Waals surface area contributed by atoms with Crippen molar-refractivity contribution in [2.45, 2.75) is 6.92 Å². The van der Waals surface area contributed by atoms with E-state index in [4.69, 9.17) is 0 Å². The Labute approximate surface area is 117 Å². The number of carbonyl (C=O) groups is 1. The van der Waals surface area contributed by atoms with Gasteiger partial charge in [-0.05, 0) is 46.6 Å². The highest BCUT2D eigenvalue weighted by Crippen LogP contribution is 2.26. The van der Waals surface area contributed by atoms with E-state index in [1.807, 2.05) is 0 Å². The van der Waals surface area contributed by atoms with Crippen LogP contribution < -0.4 is 5.32 Å². The fraction of sp³-hybridized carbons (Fsp3) is 0.0714. The predicted octanol–water partition coefficient (Wildman–Crippen LogP) is 4.29. The molecule has 5 heteroatoms. The molecular formula is C14H10BrF2NO. The number of hydrogen-bond donors (Lipinski definition) is 1. The quantitative estimate of drug-likeness (QED) is 0.876. The van der Waals surface area contributed by atoms with E-state index in [0.29, 0.717) is 10.0 Å². The molecule has 0 saturated heterocycles. The molecule has 0 spiro atoms. The Hall–Kier alpha value is -1.75. The number of rotatable bonds is 2. The molecule has 0 fully saturated rings. The molecule has 0 bridgehead atoms. The van der Waals surface area contributed by atoms with E-state index < -0.39 is 17.5 Å². The molecule has 2 aromatic rings. The zero-order valence-corrected chi connectivity index (χ0v) is 11.6. The number of anilines is 1. The van der Waals surface area contributed by atoms with Crippen LogP contribution in [0.25, 0.3) is 0 Å². The lowest BCUT2D eigenvalue weighted by molar-refractivity contribution is 0.102. The third kappa shape index (κ3) is 2.81. The van der Waals surface area contributed by atoms with Crippen LogP contribution in [0.3, 0.4) is 0 Å². The number of para-hydroxylation sites is 1. The molecule has 2 nitrogen and oxygen atoms in total. The van der Waals surface area contributed by atoms with Crippen molar-refractivity contribution in [2.24, 2.45) is 0 Å². The van der Waals surface area contributed by atoms with Crippen LogP contribution in [0.1, 0.15) is 15.9 Å². The van der Waals surface area contributed by atoms with Crippen molar-refractivity contribution in [3.8, 4) is 0 Å². The second-order valence-electron chi connectivity index (χ2n) is 3.99. The number of aryl methyl sites for hydroxylation is 1. The van der Waals surface area contributed by atoms with Gasteiger partial charge >= 0.3 is 0 Å². The van der Waals surface area contributed by atoms with Crippen LogP contribution in [0.4, 0.5) is 14.5 Å². The van der Waals surface area contributed by atoms with Gasteiger partial charge in [-0.25, -0.2) is 8.78 Å². The van der Waals surface area contributed by atoms with E-state index in [0.717, 1.165) is 0 Å². The zero-order chi connectivity index (χ0) is 14.0. The molecule has 98 valence electrons. The highest BCUT2D eigenvalue weighted by atomic mass is 79.9. The molecule has 0 unspecified atom stereocenters. The largest absolute Gasteiger partial charge is 0.318 e. The SMILES string of the molecule is Cc1cccc(C(=O)Nc2c(F)cccc2Br)c1F. The van der Waals surface area contributed by atoms with E-state index in [9.17, 15) is 13.6 Å². The number of amides is 1. The standard InChI is InChI=1S/C14H10BrF2NO/c1-8-4-2-5-9(12(8)17)14(19)18-13-10(15)6-3-7-11(13)16/h2-7H,1H3,(H,18,19). The fourth-order valence-corrected chi connectivity index (χ4v) is 2.06. The summed E-state index contributed by atoms with van der Waals surface area (Å²) in [4.78, 5) is 12.0. The Morgan fingerprint density at radius 1 is 1.16 bits per heavy atom. The van der Waals surface area contributed by atoms with Crippen LogP contribution in [-0.4, -0.2) is 5.91 Å². The summed E-state index contributed by atoms with van der Waals surface area (Å²) < 4.78 is 27.8. The number of hydrogen-bond acceptors (Lipinski definition) is 1. The lowest BCUT2D eigenvalue weighted by Gasteiger charge is -2.09. The summed E-state index contributed by atoms with van der Waals surface area (Å²) in [5, 5.41) is 2.36. The first-order chi connectivity index (χ1) is 9.00. The Morgan fingerprint density at radius 2 is 1.84 bits per heavy atom. The Kier molecular flexibility index (Phi) is 3.95. The van der Waals surface area contributed by atoms with Crippen molar-refractivity contribution in [1.82, 2.24) is 0 Å². The first-order valence-electron chi connectivity index (χ1n) is 5.51. The van der Waals surface area contributed by atoms with Crippen LogP contribution in [0.2, 0.25) is 0 Å². The van der Waals surface area contributed by atoms with Gasteiger partial charge in [0.15, 0.2) is 0 Å². The molecule has 2 aromatic carbocycles. The lowest BCUT2D eigenvalue weighted by Crippen LogP contribution is -2.15. The molecular weight excluding hydrogens is 316 g/mol. The third-order valence-electron chi connectivity index (χ3n) is 2.64. The Balaban J connectivity index is 2.34. The van der Waals surface area contributed by atoms with Gasteiger partial charge in [-0.3, -0.25) is 4.79 Å². The van der Waals surface area contributed by atoms with E-state index in [2.05, 4.69) is 21.2 Å². The van der Waals surface area contributed by atoms with Gasteiger partial charge in [-0.15, -0.1) is 0 Å². The molecule has 1 N–H and O–H groups in total.